The zero-order valence-electron chi connectivity index (χ0n) is 7.78. The molecule has 0 unspecified atom stereocenters. The predicted molar refractivity (Wildman–Crippen MR) is 53.5 cm³/mol. The normalized spacial score (nSPS) is 9.71. The second-order valence-corrected chi connectivity index (χ2v) is 3.07. The molecule has 1 aromatic heterocycles. The number of rotatable bonds is 1. The van der Waals surface area contributed by atoms with Gasteiger partial charge in [-0.2, -0.15) is 10.4 Å². The number of H-pyrrole nitrogens is 1. The highest BCUT2D eigenvalue weighted by atomic mass is 15.1. The number of hydrogen-bond acceptors (Lipinski definition) is 2. The van der Waals surface area contributed by atoms with E-state index in [1.54, 1.807) is 6.20 Å². The van der Waals surface area contributed by atoms with Crippen LogP contribution in [0.1, 0.15) is 11.3 Å². The Morgan fingerprint density at radius 1 is 1.29 bits per heavy atom. The highest BCUT2D eigenvalue weighted by Crippen LogP contribution is 2.24. The van der Waals surface area contributed by atoms with E-state index in [1.807, 2.05) is 31.2 Å². The molecule has 68 valence electrons. The number of hydrogen-bond donors (Lipinski definition) is 1. The SMILES string of the molecule is Cc1[nH]ncc1-c1ccccc1C#N. The van der Waals surface area contributed by atoms with Crippen LogP contribution in [0.3, 0.4) is 0 Å². The van der Waals surface area contributed by atoms with Crippen LogP contribution in [0.25, 0.3) is 11.1 Å². The first-order valence-corrected chi connectivity index (χ1v) is 4.32. The van der Waals surface area contributed by atoms with Crippen molar-refractivity contribution >= 4 is 0 Å². The van der Waals surface area contributed by atoms with Crippen molar-refractivity contribution in [2.24, 2.45) is 0 Å². The molecule has 0 amide bonds. The van der Waals surface area contributed by atoms with Gasteiger partial charge in [0.1, 0.15) is 0 Å². The highest BCUT2D eigenvalue weighted by molar-refractivity contribution is 5.71. The third-order valence-electron chi connectivity index (χ3n) is 2.17. The smallest absolute Gasteiger partial charge is 0.0998 e. The summed E-state index contributed by atoms with van der Waals surface area (Å²) in [5, 5.41) is 15.7. The molecule has 1 N–H and O–H groups in total. The third-order valence-corrected chi connectivity index (χ3v) is 2.17. The first-order valence-electron chi connectivity index (χ1n) is 4.32. The van der Waals surface area contributed by atoms with Gasteiger partial charge in [0, 0.05) is 16.8 Å². The Labute approximate surface area is 82.0 Å². The summed E-state index contributed by atoms with van der Waals surface area (Å²) in [7, 11) is 0. The topological polar surface area (TPSA) is 52.5 Å². The summed E-state index contributed by atoms with van der Waals surface area (Å²) < 4.78 is 0. The summed E-state index contributed by atoms with van der Waals surface area (Å²) in [6.07, 6.45) is 1.74. The molecule has 1 heterocycles. The van der Waals surface area contributed by atoms with Gasteiger partial charge in [-0.1, -0.05) is 18.2 Å². The summed E-state index contributed by atoms with van der Waals surface area (Å²) in [5.41, 5.74) is 3.58. The van der Waals surface area contributed by atoms with Gasteiger partial charge in [-0.05, 0) is 13.0 Å². The van der Waals surface area contributed by atoms with Gasteiger partial charge < -0.3 is 0 Å². The maximum Gasteiger partial charge on any atom is 0.0998 e. The first kappa shape index (κ1) is 8.52. The first-order chi connectivity index (χ1) is 6.83. The van der Waals surface area contributed by atoms with E-state index in [1.165, 1.54) is 0 Å². The molecule has 2 rings (SSSR count). The van der Waals surface area contributed by atoms with Crippen molar-refractivity contribution in [2.45, 2.75) is 6.92 Å². The molecular formula is C11H9N3. The maximum atomic E-state index is 8.93. The van der Waals surface area contributed by atoms with Gasteiger partial charge in [0.2, 0.25) is 0 Å². The molecule has 14 heavy (non-hydrogen) atoms. The van der Waals surface area contributed by atoms with Crippen molar-refractivity contribution in [3.8, 4) is 17.2 Å². The molecule has 0 fully saturated rings. The van der Waals surface area contributed by atoms with Gasteiger partial charge in [-0.3, -0.25) is 5.10 Å². The lowest BCUT2D eigenvalue weighted by Gasteiger charge is -2.00. The monoisotopic (exact) mass is 183 g/mol. The Kier molecular flexibility index (Phi) is 2.04. The van der Waals surface area contributed by atoms with Gasteiger partial charge in [0.25, 0.3) is 0 Å². The molecule has 3 nitrogen and oxygen atoms in total. The molecule has 0 aliphatic heterocycles. The number of aryl methyl sites for hydroxylation is 1. The molecular weight excluding hydrogens is 174 g/mol. The lowest BCUT2D eigenvalue weighted by molar-refractivity contribution is 1.05. The van der Waals surface area contributed by atoms with Crippen molar-refractivity contribution in [2.75, 3.05) is 0 Å². The van der Waals surface area contributed by atoms with Gasteiger partial charge in [0.05, 0.1) is 17.8 Å². The summed E-state index contributed by atoms with van der Waals surface area (Å²) in [6, 6.07) is 9.68. The minimum atomic E-state index is 0.678. The molecule has 1 aromatic carbocycles. The highest BCUT2D eigenvalue weighted by Gasteiger charge is 2.07. The molecule has 0 saturated heterocycles. The molecule has 0 spiro atoms. The number of aromatic nitrogens is 2. The fourth-order valence-corrected chi connectivity index (χ4v) is 1.44. The summed E-state index contributed by atoms with van der Waals surface area (Å²) in [4.78, 5) is 0. The lowest BCUT2D eigenvalue weighted by atomic mass is 10.0. The summed E-state index contributed by atoms with van der Waals surface area (Å²) in [6.45, 7) is 1.94. The van der Waals surface area contributed by atoms with Gasteiger partial charge >= 0.3 is 0 Å². The van der Waals surface area contributed by atoms with Crippen molar-refractivity contribution in [3.05, 3.63) is 41.7 Å². The Morgan fingerprint density at radius 3 is 2.71 bits per heavy atom. The van der Waals surface area contributed by atoms with Crippen LogP contribution in [0, 0.1) is 18.3 Å². The van der Waals surface area contributed by atoms with Crippen molar-refractivity contribution in [3.63, 3.8) is 0 Å². The Bertz CT molecular complexity index is 491. The predicted octanol–water partition coefficient (Wildman–Crippen LogP) is 2.26. The van der Waals surface area contributed by atoms with Crippen molar-refractivity contribution in [1.29, 1.82) is 5.26 Å². The van der Waals surface area contributed by atoms with E-state index in [0.717, 1.165) is 16.8 Å². The summed E-state index contributed by atoms with van der Waals surface area (Å²) in [5.74, 6) is 0. The molecule has 0 saturated carbocycles. The fraction of sp³-hybridized carbons (Fsp3) is 0.0909. The zero-order chi connectivity index (χ0) is 9.97. The van der Waals surface area contributed by atoms with E-state index < -0.39 is 0 Å². The van der Waals surface area contributed by atoms with Crippen LogP contribution in [-0.4, -0.2) is 10.2 Å². The van der Waals surface area contributed by atoms with Crippen LogP contribution < -0.4 is 0 Å². The van der Waals surface area contributed by atoms with E-state index in [4.69, 9.17) is 5.26 Å². The van der Waals surface area contributed by atoms with E-state index in [9.17, 15) is 0 Å². The molecule has 0 aliphatic rings. The van der Waals surface area contributed by atoms with Crippen LogP contribution in [0.15, 0.2) is 30.5 Å². The Morgan fingerprint density at radius 2 is 2.07 bits per heavy atom. The minimum Gasteiger partial charge on any atom is -0.282 e. The van der Waals surface area contributed by atoms with E-state index in [-0.39, 0.29) is 0 Å². The van der Waals surface area contributed by atoms with Gasteiger partial charge in [-0.15, -0.1) is 0 Å². The number of benzene rings is 1. The molecule has 3 heteroatoms. The standard InChI is InChI=1S/C11H9N3/c1-8-11(7-13-14-8)10-5-3-2-4-9(10)6-12/h2-5,7H,1H3,(H,13,14). The Balaban J connectivity index is 2.64. The van der Waals surface area contributed by atoms with E-state index >= 15 is 0 Å². The molecule has 0 bridgehead atoms. The van der Waals surface area contributed by atoms with Crippen molar-refractivity contribution < 1.29 is 0 Å². The molecule has 2 aromatic rings. The van der Waals surface area contributed by atoms with E-state index in [0.29, 0.717) is 5.56 Å². The van der Waals surface area contributed by atoms with Crippen molar-refractivity contribution in [1.82, 2.24) is 10.2 Å². The molecule has 0 aliphatic carbocycles. The van der Waals surface area contributed by atoms with Crippen LogP contribution in [0.4, 0.5) is 0 Å². The quantitative estimate of drug-likeness (QED) is 0.737. The number of nitrogens with one attached hydrogen (secondary N) is 1. The number of nitrogens with zero attached hydrogens (tertiary/aromatic N) is 2. The average molecular weight is 183 g/mol. The van der Waals surface area contributed by atoms with Crippen LogP contribution in [0.5, 0.6) is 0 Å². The van der Waals surface area contributed by atoms with Crippen LogP contribution >= 0.6 is 0 Å². The fourth-order valence-electron chi connectivity index (χ4n) is 1.44. The lowest BCUT2D eigenvalue weighted by Crippen LogP contribution is -1.83. The second-order valence-electron chi connectivity index (χ2n) is 3.07. The second kappa shape index (κ2) is 3.35. The molecule has 0 atom stereocenters. The minimum absolute atomic E-state index is 0.678. The van der Waals surface area contributed by atoms with Gasteiger partial charge in [0.15, 0.2) is 0 Å². The number of nitriles is 1. The Hall–Kier alpha value is -2.08. The summed E-state index contributed by atoms with van der Waals surface area (Å²) >= 11 is 0. The van der Waals surface area contributed by atoms with Crippen LogP contribution in [-0.2, 0) is 0 Å². The average Bonchev–Trinajstić information content (AvgIpc) is 2.64. The van der Waals surface area contributed by atoms with Gasteiger partial charge in [-0.25, -0.2) is 0 Å². The largest absolute Gasteiger partial charge is 0.282 e. The van der Waals surface area contributed by atoms with E-state index in [2.05, 4.69) is 16.3 Å². The zero-order valence-corrected chi connectivity index (χ0v) is 7.78. The van der Waals surface area contributed by atoms with Crippen LogP contribution in [0.2, 0.25) is 0 Å². The number of aromatic amines is 1. The maximum absolute atomic E-state index is 8.93. The molecule has 0 radical (unpaired) electrons. The third kappa shape index (κ3) is 1.27.